The molecule has 3 atom stereocenters. The van der Waals surface area contributed by atoms with Crippen LogP contribution in [0.15, 0.2) is 59.5 Å². The topological polar surface area (TPSA) is 86.2 Å². The van der Waals surface area contributed by atoms with Crippen LogP contribution in [0, 0.1) is 0 Å². The van der Waals surface area contributed by atoms with Crippen LogP contribution in [0.1, 0.15) is 11.5 Å². The summed E-state index contributed by atoms with van der Waals surface area (Å²) in [4.78, 5) is 0.271. The lowest BCUT2D eigenvalue weighted by Gasteiger charge is -2.09. The number of hydrogen-bond acceptors (Lipinski definition) is 4. The van der Waals surface area contributed by atoms with E-state index in [2.05, 4.69) is 0 Å². The first kappa shape index (κ1) is 15.5. The zero-order valence-corrected chi connectivity index (χ0v) is 13.4. The van der Waals surface area contributed by atoms with Crippen molar-refractivity contribution in [1.82, 2.24) is 0 Å². The van der Waals surface area contributed by atoms with Crippen molar-refractivity contribution in [3.05, 3.63) is 65.2 Å². The van der Waals surface area contributed by atoms with Gasteiger partial charge in [0.2, 0.25) is 0 Å². The highest BCUT2D eigenvalue weighted by Crippen LogP contribution is 2.55. The number of benzene rings is 2. The third kappa shape index (κ3) is 2.34. The van der Waals surface area contributed by atoms with Gasteiger partial charge in [0.05, 0.1) is 15.7 Å². The highest BCUT2D eigenvalue weighted by molar-refractivity contribution is 7.92. The first-order chi connectivity index (χ1) is 10.4. The van der Waals surface area contributed by atoms with Gasteiger partial charge in [-0.15, -0.1) is 0 Å². The Hall–Kier alpha value is -1.40. The molecule has 0 bridgehead atoms. The molecule has 1 fully saturated rings. The van der Waals surface area contributed by atoms with Crippen molar-refractivity contribution in [2.24, 2.45) is 11.5 Å². The van der Waals surface area contributed by atoms with Crippen molar-refractivity contribution in [3.8, 4) is 0 Å². The van der Waals surface area contributed by atoms with Crippen molar-refractivity contribution in [2.45, 2.75) is 21.6 Å². The zero-order chi connectivity index (χ0) is 16.0. The Kier molecular flexibility index (Phi) is 3.77. The first-order valence-electron chi connectivity index (χ1n) is 6.94. The SMILES string of the molecule is NC[C@]1(N)[C@@H](c2cccc(Cl)c2)[C@@H]1S(=O)(=O)c1ccccc1. The van der Waals surface area contributed by atoms with Crippen LogP contribution >= 0.6 is 11.6 Å². The standard InChI is InChI=1S/C16H17ClN2O2S/c17-12-6-4-5-11(9-12)14-15(16(14,19)10-18)22(20,21)13-7-2-1-3-8-13/h1-9,14-15H,10,18-19H2/t14-,15-,16-/m0/s1. The molecule has 0 unspecified atom stereocenters. The molecule has 0 heterocycles. The van der Waals surface area contributed by atoms with E-state index in [0.29, 0.717) is 5.02 Å². The minimum absolute atomic E-state index is 0.0981. The fraction of sp³-hybridized carbons (Fsp3) is 0.250. The van der Waals surface area contributed by atoms with E-state index in [1.165, 1.54) is 0 Å². The summed E-state index contributed by atoms with van der Waals surface area (Å²) in [6.45, 7) is 0.0981. The van der Waals surface area contributed by atoms with Crippen molar-refractivity contribution in [3.63, 3.8) is 0 Å². The summed E-state index contributed by atoms with van der Waals surface area (Å²) >= 11 is 6.01. The number of sulfone groups is 1. The van der Waals surface area contributed by atoms with Crippen molar-refractivity contribution < 1.29 is 8.42 Å². The van der Waals surface area contributed by atoms with Gasteiger partial charge in [0.1, 0.15) is 0 Å². The molecule has 0 aliphatic heterocycles. The molecular weight excluding hydrogens is 320 g/mol. The van der Waals surface area contributed by atoms with Gasteiger partial charge in [0, 0.05) is 17.5 Å². The van der Waals surface area contributed by atoms with Gasteiger partial charge in [0.15, 0.2) is 9.84 Å². The normalized spacial score (nSPS) is 27.6. The molecule has 3 rings (SSSR count). The summed E-state index contributed by atoms with van der Waals surface area (Å²) in [5.74, 6) is -0.346. The Morgan fingerprint density at radius 3 is 2.36 bits per heavy atom. The molecule has 1 aliphatic rings. The molecule has 0 spiro atoms. The lowest BCUT2D eigenvalue weighted by Crippen LogP contribution is -2.39. The molecule has 0 saturated heterocycles. The molecule has 4 N–H and O–H groups in total. The van der Waals surface area contributed by atoms with E-state index < -0.39 is 20.6 Å². The smallest absolute Gasteiger partial charge is 0.183 e. The van der Waals surface area contributed by atoms with Gasteiger partial charge in [-0.3, -0.25) is 0 Å². The van der Waals surface area contributed by atoms with Gasteiger partial charge in [-0.2, -0.15) is 0 Å². The van der Waals surface area contributed by atoms with Gasteiger partial charge in [-0.05, 0) is 29.8 Å². The third-order valence-electron chi connectivity index (χ3n) is 4.27. The van der Waals surface area contributed by atoms with Crippen LogP contribution in [-0.4, -0.2) is 25.8 Å². The van der Waals surface area contributed by atoms with Crippen LogP contribution in [0.3, 0.4) is 0 Å². The van der Waals surface area contributed by atoms with Gasteiger partial charge < -0.3 is 11.5 Å². The lowest BCUT2D eigenvalue weighted by atomic mass is 10.1. The van der Waals surface area contributed by atoms with E-state index in [0.717, 1.165) is 5.56 Å². The average Bonchev–Trinajstić information content (AvgIpc) is 3.16. The number of rotatable bonds is 4. The van der Waals surface area contributed by atoms with Crippen LogP contribution < -0.4 is 11.5 Å². The fourth-order valence-corrected chi connectivity index (χ4v) is 5.62. The summed E-state index contributed by atoms with van der Waals surface area (Å²) < 4.78 is 25.7. The summed E-state index contributed by atoms with van der Waals surface area (Å²) in [7, 11) is -3.54. The van der Waals surface area contributed by atoms with Crippen molar-refractivity contribution in [1.29, 1.82) is 0 Å². The molecule has 0 radical (unpaired) electrons. The molecule has 1 saturated carbocycles. The summed E-state index contributed by atoms with van der Waals surface area (Å²) in [6, 6.07) is 15.5. The quantitative estimate of drug-likeness (QED) is 0.893. The second-order valence-electron chi connectivity index (χ2n) is 5.63. The van der Waals surface area contributed by atoms with Crippen molar-refractivity contribution in [2.75, 3.05) is 6.54 Å². The summed E-state index contributed by atoms with van der Waals surface area (Å²) in [6.07, 6.45) is 0. The van der Waals surface area contributed by atoms with Gasteiger partial charge in [0.25, 0.3) is 0 Å². The second kappa shape index (κ2) is 5.35. The molecule has 0 amide bonds. The van der Waals surface area contributed by atoms with Crippen LogP contribution in [0.5, 0.6) is 0 Å². The Labute approximate surface area is 135 Å². The highest BCUT2D eigenvalue weighted by atomic mass is 35.5. The van der Waals surface area contributed by atoms with Gasteiger partial charge >= 0.3 is 0 Å². The van der Waals surface area contributed by atoms with Crippen LogP contribution in [0.2, 0.25) is 5.02 Å². The molecular formula is C16H17ClN2O2S. The van der Waals surface area contributed by atoms with E-state index in [4.69, 9.17) is 23.1 Å². The Morgan fingerprint density at radius 2 is 1.77 bits per heavy atom. The maximum absolute atomic E-state index is 12.9. The van der Waals surface area contributed by atoms with E-state index >= 15 is 0 Å². The summed E-state index contributed by atoms with van der Waals surface area (Å²) in [5.41, 5.74) is 11.9. The molecule has 4 nitrogen and oxygen atoms in total. The minimum Gasteiger partial charge on any atom is -0.329 e. The van der Waals surface area contributed by atoms with E-state index in [9.17, 15) is 8.42 Å². The molecule has 22 heavy (non-hydrogen) atoms. The monoisotopic (exact) mass is 336 g/mol. The van der Waals surface area contributed by atoms with E-state index in [1.807, 2.05) is 6.07 Å². The maximum Gasteiger partial charge on any atom is 0.183 e. The van der Waals surface area contributed by atoms with Crippen molar-refractivity contribution >= 4 is 21.4 Å². The lowest BCUT2D eigenvalue weighted by molar-refractivity contribution is 0.586. The molecule has 116 valence electrons. The largest absolute Gasteiger partial charge is 0.329 e. The Morgan fingerprint density at radius 1 is 1.09 bits per heavy atom. The predicted molar refractivity (Wildman–Crippen MR) is 87.6 cm³/mol. The average molecular weight is 337 g/mol. The number of halogens is 1. The molecule has 1 aliphatic carbocycles. The Bertz CT molecular complexity index is 795. The summed E-state index contributed by atoms with van der Waals surface area (Å²) in [5, 5.41) is -0.175. The molecule has 0 aromatic heterocycles. The zero-order valence-electron chi connectivity index (χ0n) is 11.8. The fourth-order valence-electron chi connectivity index (χ4n) is 3.08. The van der Waals surface area contributed by atoms with Gasteiger partial charge in [-0.1, -0.05) is 41.9 Å². The predicted octanol–water partition coefficient (Wildman–Crippen LogP) is 1.94. The number of nitrogens with two attached hydrogens (primary N) is 2. The first-order valence-corrected chi connectivity index (χ1v) is 8.87. The number of hydrogen-bond donors (Lipinski definition) is 2. The van der Waals surface area contributed by atoms with E-state index in [1.54, 1.807) is 48.5 Å². The van der Waals surface area contributed by atoms with Crippen LogP contribution in [0.4, 0.5) is 0 Å². The maximum atomic E-state index is 12.9. The molecule has 2 aromatic carbocycles. The van der Waals surface area contributed by atoms with Gasteiger partial charge in [-0.25, -0.2) is 8.42 Å². The minimum atomic E-state index is -3.54. The third-order valence-corrected chi connectivity index (χ3v) is 6.81. The van der Waals surface area contributed by atoms with Crippen LogP contribution in [0.25, 0.3) is 0 Å². The molecule has 6 heteroatoms. The Balaban J connectivity index is 2.04. The molecule has 2 aromatic rings. The van der Waals surface area contributed by atoms with E-state index in [-0.39, 0.29) is 17.4 Å². The highest BCUT2D eigenvalue weighted by Gasteiger charge is 2.68. The van der Waals surface area contributed by atoms with Crippen LogP contribution in [-0.2, 0) is 9.84 Å². The second-order valence-corrected chi connectivity index (χ2v) is 8.13.